The molecular weight excluding hydrogens is 278 g/mol. The molecule has 0 amide bonds. The zero-order valence-electron chi connectivity index (χ0n) is 11.3. The Kier molecular flexibility index (Phi) is 4.29. The van der Waals surface area contributed by atoms with Gasteiger partial charge in [0.25, 0.3) is 0 Å². The number of hydrogen-bond donors (Lipinski definition) is 3. The second-order valence-electron chi connectivity index (χ2n) is 5.06. The fraction of sp³-hybridized carbons (Fsp3) is 0.462. The molecule has 110 valence electrons. The number of nitrogens with two attached hydrogens (primary N) is 1. The van der Waals surface area contributed by atoms with Gasteiger partial charge in [-0.2, -0.15) is 0 Å². The maximum atomic E-state index is 12.2. The fourth-order valence-corrected chi connectivity index (χ4v) is 3.42. The molecule has 1 aliphatic rings. The molecule has 7 heteroatoms. The number of benzene rings is 1. The predicted molar refractivity (Wildman–Crippen MR) is 76.2 cm³/mol. The van der Waals surface area contributed by atoms with Gasteiger partial charge < -0.3 is 10.9 Å². The number of nitrogens with zero attached hydrogens (tertiary/aromatic N) is 1. The smallest absolute Gasteiger partial charge is 0.240 e. The highest BCUT2D eigenvalue weighted by Crippen LogP contribution is 2.24. The standard InChI is InChI=1S/C13H19N3O3S/c1-9(13(14)16-17)8-15-20(18,19)12-6-5-10-3-2-4-11(10)7-12/h5-7,9,15,17H,2-4,8H2,1H3,(H2,14,16). The van der Waals surface area contributed by atoms with Gasteiger partial charge in [0.15, 0.2) is 0 Å². The Balaban J connectivity index is 2.11. The number of sulfonamides is 1. The summed E-state index contributed by atoms with van der Waals surface area (Å²) in [5.74, 6) is -0.370. The van der Waals surface area contributed by atoms with Crippen molar-refractivity contribution in [2.45, 2.75) is 31.1 Å². The van der Waals surface area contributed by atoms with Crippen LogP contribution >= 0.6 is 0 Å². The lowest BCUT2D eigenvalue weighted by atomic mass is 10.1. The number of rotatable bonds is 5. The van der Waals surface area contributed by atoms with E-state index in [1.165, 1.54) is 5.56 Å². The van der Waals surface area contributed by atoms with Crippen LogP contribution in [0, 0.1) is 5.92 Å². The highest BCUT2D eigenvalue weighted by Gasteiger charge is 2.19. The van der Waals surface area contributed by atoms with Crippen LogP contribution in [0.2, 0.25) is 0 Å². The molecule has 0 saturated carbocycles. The lowest BCUT2D eigenvalue weighted by Crippen LogP contribution is -2.34. The van der Waals surface area contributed by atoms with Crippen LogP contribution in [0.1, 0.15) is 24.5 Å². The average molecular weight is 297 g/mol. The average Bonchev–Trinajstić information content (AvgIpc) is 2.91. The van der Waals surface area contributed by atoms with E-state index in [4.69, 9.17) is 10.9 Å². The minimum absolute atomic E-state index is 0.00153. The molecule has 4 N–H and O–H groups in total. The molecule has 1 aliphatic carbocycles. The van der Waals surface area contributed by atoms with Crippen LogP contribution in [-0.4, -0.2) is 26.0 Å². The van der Waals surface area contributed by atoms with Gasteiger partial charge in [-0.1, -0.05) is 18.1 Å². The van der Waals surface area contributed by atoms with Crippen molar-refractivity contribution in [1.82, 2.24) is 4.72 Å². The highest BCUT2D eigenvalue weighted by molar-refractivity contribution is 7.89. The summed E-state index contributed by atoms with van der Waals surface area (Å²) >= 11 is 0. The van der Waals surface area contributed by atoms with E-state index in [0.29, 0.717) is 0 Å². The summed E-state index contributed by atoms with van der Waals surface area (Å²) in [7, 11) is -3.56. The molecule has 0 aromatic heterocycles. The Bertz CT molecular complexity index is 626. The minimum atomic E-state index is -3.56. The summed E-state index contributed by atoms with van der Waals surface area (Å²) < 4.78 is 26.9. The molecule has 0 bridgehead atoms. The van der Waals surface area contributed by atoms with Gasteiger partial charge in [-0.3, -0.25) is 0 Å². The third-order valence-corrected chi connectivity index (χ3v) is 5.00. The van der Waals surface area contributed by atoms with Crippen molar-refractivity contribution in [2.24, 2.45) is 16.8 Å². The second kappa shape index (κ2) is 5.80. The lowest BCUT2D eigenvalue weighted by Gasteiger charge is -2.12. The summed E-state index contributed by atoms with van der Waals surface area (Å²) in [5.41, 5.74) is 7.76. The van der Waals surface area contributed by atoms with E-state index in [1.807, 2.05) is 6.07 Å². The molecular formula is C13H19N3O3S. The number of hydrogen-bond acceptors (Lipinski definition) is 4. The number of nitrogens with one attached hydrogen (secondary N) is 1. The zero-order valence-corrected chi connectivity index (χ0v) is 12.2. The SMILES string of the molecule is CC(CNS(=O)(=O)c1ccc2c(c1)CCC2)C(N)=NO. The van der Waals surface area contributed by atoms with Crippen molar-refractivity contribution in [3.05, 3.63) is 29.3 Å². The first-order chi connectivity index (χ1) is 9.44. The van der Waals surface area contributed by atoms with Crippen LogP contribution < -0.4 is 10.5 Å². The minimum Gasteiger partial charge on any atom is -0.409 e. The first-order valence-electron chi connectivity index (χ1n) is 6.53. The van der Waals surface area contributed by atoms with Gasteiger partial charge in [0.05, 0.1) is 4.90 Å². The van der Waals surface area contributed by atoms with Gasteiger partial charge in [0.1, 0.15) is 5.84 Å². The molecule has 0 spiro atoms. The Morgan fingerprint density at radius 3 is 2.85 bits per heavy atom. The molecule has 0 aliphatic heterocycles. The molecule has 1 aromatic rings. The normalized spacial score (nSPS) is 16.9. The largest absolute Gasteiger partial charge is 0.409 e. The topological polar surface area (TPSA) is 105 Å². The summed E-state index contributed by atoms with van der Waals surface area (Å²) in [6.07, 6.45) is 3.02. The monoisotopic (exact) mass is 297 g/mol. The Morgan fingerprint density at radius 1 is 1.45 bits per heavy atom. The van der Waals surface area contributed by atoms with Gasteiger partial charge in [-0.25, -0.2) is 13.1 Å². The fourth-order valence-electron chi connectivity index (χ4n) is 2.24. The van der Waals surface area contributed by atoms with Crippen LogP contribution in [0.4, 0.5) is 0 Å². The predicted octanol–water partition coefficient (Wildman–Crippen LogP) is 0.836. The summed E-state index contributed by atoms with van der Waals surface area (Å²) in [4.78, 5) is 0.268. The zero-order chi connectivity index (χ0) is 14.8. The van der Waals surface area contributed by atoms with Crippen molar-refractivity contribution in [1.29, 1.82) is 0 Å². The van der Waals surface area contributed by atoms with Gasteiger partial charge in [-0.15, -0.1) is 0 Å². The van der Waals surface area contributed by atoms with Crippen molar-refractivity contribution in [3.63, 3.8) is 0 Å². The van der Waals surface area contributed by atoms with E-state index >= 15 is 0 Å². The molecule has 20 heavy (non-hydrogen) atoms. The number of fused-ring (bicyclic) bond motifs is 1. The van der Waals surface area contributed by atoms with Crippen molar-refractivity contribution in [3.8, 4) is 0 Å². The molecule has 0 radical (unpaired) electrons. The lowest BCUT2D eigenvalue weighted by molar-refractivity contribution is 0.314. The van der Waals surface area contributed by atoms with Gasteiger partial charge >= 0.3 is 0 Å². The van der Waals surface area contributed by atoms with Crippen LogP contribution in [0.25, 0.3) is 0 Å². The molecule has 6 nitrogen and oxygen atoms in total. The maximum absolute atomic E-state index is 12.2. The second-order valence-corrected chi connectivity index (χ2v) is 6.83. The van der Waals surface area contributed by atoms with Crippen molar-refractivity contribution in [2.75, 3.05) is 6.54 Å². The van der Waals surface area contributed by atoms with E-state index in [2.05, 4.69) is 9.88 Å². The number of aryl methyl sites for hydroxylation is 2. The molecule has 2 rings (SSSR count). The first kappa shape index (κ1) is 14.8. The molecule has 0 heterocycles. The van der Waals surface area contributed by atoms with Gasteiger partial charge in [0, 0.05) is 12.5 Å². The highest BCUT2D eigenvalue weighted by atomic mass is 32.2. The van der Waals surface area contributed by atoms with E-state index in [1.54, 1.807) is 19.1 Å². The van der Waals surface area contributed by atoms with E-state index < -0.39 is 10.0 Å². The van der Waals surface area contributed by atoms with Crippen LogP contribution in [-0.2, 0) is 22.9 Å². The van der Waals surface area contributed by atoms with Gasteiger partial charge in [0.2, 0.25) is 10.0 Å². The van der Waals surface area contributed by atoms with Crippen molar-refractivity contribution < 1.29 is 13.6 Å². The maximum Gasteiger partial charge on any atom is 0.240 e. The van der Waals surface area contributed by atoms with E-state index in [9.17, 15) is 8.42 Å². The van der Waals surface area contributed by atoms with Crippen molar-refractivity contribution >= 4 is 15.9 Å². The third kappa shape index (κ3) is 3.10. The van der Waals surface area contributed by atoms with Gasteiger partial charge in [-0.05, 0) is 42.5 Å². The van der Waals surface area contributed by atoms with Crippen LogP contribution in [0.5, 0.6) is 0 Å². The summed E-state index contributed by atoms with van der Waals surface area (Å²) in [6, 6.07) is 5.24. The molecule has 1 atom stereocenters. The summed E-state index contributed by atoms with van der Waals surface area (Å²) in [5, 5.41) is 11.4. The number of amidine groups is 1. The Labute approximate surface area is 118 Å². The first-order valence-corrected chi connectivity index (χ1v) is 8.01. The molecule has 1 aromatic carbocycles. The Hall–Kier alpha value is -1.60. The van der Waals surface area contributed by atoms with E-state index in [-0.39, 0.29) is 23.2 Å². The van der Waals surface area contributed by atoms with E-state index in [0.717, 1.165) is 24.8 Å². The van der Waals surface area contributed by atoms with Crippen LogP contribution in [0.3, 0.4) is 0 Å². The summed E-state index contributed by atoms with van der Waals surface area (Å²) in [6.45, 7) is 1.77. The Morgan fingerprint density at radius 2 is 2.15 bits per heavy atom. The third-order valence-electron chi connectivity index (χ3n) is 3.58. The number of oxime groups is 1. The van der Waals surface area contributed by atoms with Crippen LogP contribution in [0.15, 0.2) is 28.3 Å². The molecule has 0 saturated heterocycles. The molecule has 0 fully saturated rings. The quantitative estimate of drug-likeness (QED) is 0.324. The molecule has 1 unspecified atom stereocenters.